The lowest BCUT2D eigenvalue weighted by atomic mass is 10.1. The summed E-state index contributed by atoms with van der Waals surface area (Å²) in [7, 11) is 0. The Balaban J connectivity index is 2.03. The number of aromatic nitrogens is 2. The summed E-state index contributed by atoms with van der Waals surface area (Å²) >= 11 is 7.51. The second-order valence-corrected chi connectivity index (χ2v) is 6.09. The Bertz CT molecular complexity index is 707. The number of nitrogens with zero attached hydrogens (tertiary/aromatic N) is 3. The minimum absolute atomic E-state index is 0.0960. The number of hydrogen-bond acceptors (Lipinski definition) is 4. The van der Waals surface area contributed by atoms with E-state index in [9.17, 15) is 4.79 Å². The fraction of sp³-hybridized carbons (Fsp3) is 0.267. The summed E-state index contributed by atoms with van der Waals surface area (Å²) in [5.74, 6) is -0.171. The summed E-state index contributed by atoms with van der Waals surface area (Å²) in [5.41, 5.74) is 2.38. The molecule has 0 N–H and O–H groups in total. The van der Waals surface area contributed by atoms with Gasteiger partial charge in [-0.1, -0.05) is 41.6 Å². The van der Waals surface area contributed by atoms with Gasteiger partial charge in [-0.15, -0.1) is 0 Å². The van der Waals surface area contributed by atoms with E-state index in [1.54, 1.807) is 4.90 Å². The number of thioether (sulfide) groups is 1. The molecule has 21 heavy (non-hydrogen) atoms. The van der Waals surface area contributed by atoms with Crippen LogP contribution in [0.4, 0.5) is 5.69 Å². The van der Waals surface area contributed by atoms with Gasteiger partial charge in [0.05, 0.1) is 11.2 Å². The van der Waals surface area contributed by atoms with Crippen molar-refractivity contribution in [2.75, 3.05) is 11.2 Å². The molecule has 0 spiro atoms. The number of rotatable bonds is 2. The Morgan fingerprint density at radius 3 is 2.95 bits per heavy atom. The molecular weight excluding hydrogens is 306 g/mol. The Kier molecular flexibility index (Phi) is 3.87. The molecule has 4 nitrogen and oxygen atoms in total. The molecule has 2 aromatic rings. The highest BCUT2D eigenvalue weighted by Crippen LogP contribution is 2.33. The topological polar surface area (TPSA) is 46.1 Å². The summed E-state index contributed by atoms with van der Waals surface area (Å²) in [5, 5.41) is 0.831. The van der Waals surface area contributed by atoms with E-state index in [0.717, 1.165) is 12.1 Å². The fourth-order valence-electron chi connectivity index (χ4n) is 2.59. The first-order valence-electron chi connectivity index (χ1n) is 6.60. The molecule has 0 fully saturated rings. The number of carbonyl (C=O) groups excluding carboxylic acids is 1. The average Bonchev–Trinajstić information content (AvgIpc) is 2.83. The third kappa shape index (κ3) is 2.51. The molecule has 3 rings (SSSR count). The molecule has 0 bridgehead atoms. The Morgan fingerprint density at radius 2 is 2.19 bits per heavy atom. The van der Waals surface area contributed by atoms with E-state index in [1.807, 2.05) is 37.4 Å². The molecule has 0 saturated heterocycles. The van der Waals surface area contributed by atoms with Crippen LogP contribution in [-0.2, 0) is 6.42 Å². The van der Waals surface area contributed by atoms with Gasteiger partial charge in [-0.3, -0.25) is 4.79 Å². The molecule has 1 aromatic carbocycles. The van der Waals surface area contributed by atoms with E-state index >= 15 is 0 Å². The number of anilines is 1. The van der Waals surface area contributed by atoms with Crippen molar-refractivity contribution in [2.45, 2.75) is 24.5 Å². The van der Waals surface area contributed by atoms with Crippen molar-refractivity contribution in [1.29, 1.82) is 0 Å². The largest absolute Gasteiger partial charge is 0.304 e. The van der Waals surface area contributed by atoms with Gasteiger partial charge < -0.3 is 4.90 Å². The van der Waals surface area contributed by atoms with Crippen molar-refractivity contribution in [2.24, 2.45) is 0 Å². The SMILES string of the molecule is CSc1ncc(Cl)c(C(=O)N2c3ccccc3CC2C)n1. The number of para-hydroxylation sites is 1. The van der Waals surface area contributed by atoms with Crippen LogP contribution in [0.2, 0.25) is 5.02 Å². The summed E-state index contributed by atoms with van der Waals surface area (Å²) in [6.45, 7) is 2.03. The molecule has 1 aromatic heterocycles. The van der Waals surface area contributed by atoms with Gasteiger partial charge in [-0.05, 0) is 31.2 Å². The van der Waals surface area contributed by atoms with Gasteiger partial charge in [0.25, 0.3) is 5.91 Å². The smallest absolute Gasteiger partial charge is 0.278 e. The first-order chi connectivity index (χ1) is 10.1. The minimum atomic E-state index is -0.171. The van der Waals surface area contributed by atoms with Crippen LogP contribution in [0.25, 0.3) is 0 Å². The van der Waals surface area contributed by atoms with Crippen LogP contribution in [0.5, 0.6) is 0 Å². The Morgan fingerprint density at radius 1 is 1.43 bits per heavy atom. The number of carbonyl (C=O) groups is 1. The van der Waals surface area contributed by atoms with E-state index in [-0.39, 0.29) is 22.7 Å². The van der Waals surface area contributed by atoms with Crippen LogP contribution < -0.4 is 4.90 Å². The molecule has 1 aliphatic rings. The average molecular weight is 320 g/mol. The van der Waals surface area contributed by atoms with E-state index in [2.05, 4.69) is 9.97 Å². The molecule has 108 valence electrons. The maximum Gasteiger partial charge on any atom is 0.278 e. The molecule has 0 aliphatic carbocycles. The van der Waals surface area contributed by atoms with Crippen molar-refractivity contribution in [3.05, 3.63) is 46.7 Å². The minimum Gasteiger partial charge on any atom is -0.304 e. The van der Waals surface area contributed by atoms with Crippen molar-refractivity contribution in [3.63, 3.8) is 0 Å². The van der Waals surface area contributed by atoms with Gasteiger partial charge in [-0.2, -0.15) is 0 Å². The van der Waals surface area contributed by atoms with E-state index in [4.69, 9.17) is 11.6 Å². The van der Waals surface area contributed by atoms with Crippen molar-refractivity contribution < 1.29 is 4.79 Å². The van der Waals surface area contributed by atoms with Crippen LogP contribution in [0.15, 0.2) is 35.6 Å². The highest BCUT2D eigenvalue weighted by molar-refractivity contribution is 7.98. The first-order valence-corrected chi connectivity index (χ1v) is 8.20. The molecule has 6 heteroatoms. The van der Waals surface area contributed by atoms with Gasteiger partial charge in [0.2, 0.25) is 0 Å². The second-order valence-electron chi connectivity index (χ2n) is 4.91. The van der Waals surface area contributed by atoms with Crippen molar-refractivity contribution >= 4 is 35.0 Å². The van der Waals surface area contributed by atoms with Crippen molar-refractivity contribution in [3.8, 4) is 0 Å². The molecule has 2 heterocycles. The lowest BCUT2D eigenvalue weighted by Gasteiger charge is -2.22. The molecule has 1 aliphatic heterocycles. The number of halogens is 1. The van der Waals surface area contributed by atoms with Gasteiger partial charge in [0.1, 0.15) is 0 Å². The summed E-state index contributed by atoms with van der Waals surface area (Å²) in [4.78, 5) is 23.0. The zero-order chi connectivity index (χ0) is 15.0. The van der Waals surface area contributed by atoms with Crippen LogP contribution in [0, 0.1) is 0 Å². The molecule has 1 amide bonds. The lowest BCUT2D eigenvalue weighted by Crippen LogP contribution is -2.36. The highest BCUT2D eigenvalue weighted by Gasteiger charge is 2.33. The second kappa shape index (κ2) is 5.66. The molecular formula is C15H14ClN3OS. The Hall–Kier alpha value is -1.59. The monoisotopic (exact) mass is 319 g/mol. The Labute approximate surface area is 132 Å². The van der Waals surface area contributed by atoms with Gasteiger partial charge in [0.15, 0.2) is 10.9 Å². The van der Waals surface area contributed by atoms with Gasteiger partial charge in [-0.25, -0.2) is 9.97 Å². The lowest BCUT2D eigenvalue weighted by molar-refractivity contribution is 0.0976. The summed E-state index contributed by atoms with van der Waals surface area (Å²) < 4.78 is 0. The van der Waals surface area contributed by atoms with E-state index < -0.39 is 0 Å². The zero-order valence-corrected chi connectivity index (χ0v) is 13.3. The van der Waals surface area contributed by atoms with Crippen LogP contribution in [0.1, 0.15) is 23.0 Å². The third-order valence-electron chi connectivity index (χ3n) is 3.53. The maximum atomic E-state index is 12.9. The number of hydrogen-bond donors (Lipinski definition) is 0. The molecule has 0 radical (unpaired) electrons. The zero-order valence-electron chi connectivity index (χ0n) is 11.7. The fourth-order valence-corrected chi connectivity index (χ4v) is 3.10. The normalized spacial score (nSPS) is 16.9. The molecule has 1 unspecified atom stereocenters. The van der Waals surface area contributed by atoms with E-state index in [1.165, 1.54) is 23.5 Å². The number of amides is 1. The van der Waals surface area contributed by atoms with E-state index in [0.29, 0.717) is 5.16 Å². The van der Waals surface area contributed by atoms with Crippen LogP contribution >= 0.6 is 23.4 Å². The molecule has 0 saturated carbocycles. The first kappa shape index (κ1) is 14.4. The molecule has 1 atom stereocenters. The predicted molar refractivity (Wildman–Crippen MR) is 85.2 cm³/mol. The van der Waals surface area contributed by atoms with Crippen molar-refractivity contribution in [1.82, 2.24) is 9.97 Å². The quantitative estimate of drug-likeness (QED) is 0.628. The van der Waals surface area contributed by atoms with Crippen LogP contribution in [0.3, 0.4) is 0 Å². The maximum absolute atomic E-state index is 12.9. The van der Waals surface area contributed by atoms with Gasteiger partial charge >= 0.3 is 0 Å². The third-order valence-corrected chi connectivity index (χ3v) is 4.37. The standard InChI is InChI=1S/C15H14ClN3OS/c1-9-7-10-5-3-4-6-12(10)19(9)14(20)13-11(16)8-17-15(18-13)21-2/h3-6,8-9H,7H2,1-2H3. The van der Waals surface area contributed by atoms with Crippen LogP contribution in [-0.4, -0.2) is 28.2 Å². The number of fused-ring (bicyclic) bond motifs is 1. The highest BCUT2D eigenvalue weighted by atomic mass is 35.5. The summed E-state index contributed by atoms with van der Waals surface area (Å²) in [6, 6.07) is 8.03. The summed E-state index contributed by atoms with van der Waals surface area (Å²) in [6.07, 6.45) is 4.20. The number of benzene rings is 1. The van der Waals surface area contributed by atoms with Gasteiger partial charge in [0, 0.05) is 11.7 Å². The predicted octanol–water partition coefficient (Wildman–Crippen LogP) is 3.44.